The lowest BCUT2D eigenvalue weighted by Gasteiger charge is -2.31. The van der Waals surface area contributed by atoms with E-state index in [2.05, 4.69) is 61.8 Å². The number of thioether (sulfide) groups is 2. The highest BCUT2D eigenvalue weighted by atomic mass is 32.2. The van der Waals surface area contributed by atoms with Crippen molar-refractivity contribution in [3.8, 4) is 22.5 Å². The van der Waals surface area contributed by atoms with Gasteiger partial charge in [-0.2, -0.15) is 23.5 Å². The van der Waals surface area contributed by atoms with E-state index in [0.29, 0.717) is 42.6 Å². The highest BCUT2D eigenvalue weighted by Gasteiger charge is 2.34. The minimum atomic E-state index is -0.836. The van der Waals surface area contributed by atoms with E-state index in [9.17, 15) is 24.3 Å². The molecule has 4 aliphatic heterocycles. The Labute approximate surface area is 449 Å². The zero-order valence-corrected chi connectivity index (χ0v) is 45.3. The molecule has 2 N–H and O–H groups in total. The molecule has 0 bridgehead atoms. The predicted molar refractivity (Wildman–Crippen MR) is 305 cm³/mol. The summed E-state index contributed by atoms with van der Waals surface area (Å²) in [7, 11) is 2.84. The molecule has 4 fully saturated rings. The van der Waals surface area contributed by atoms with Crippen LogP contribution in [-0.2, 0) is 32.2 Å². The molecule has 1 amide bonds. The Morgan fingerprint density at radius 3 is 1.44 bits per heavy atom. The molecule has 0 atom stereocenters. The molecule has 4 aromatic carbocycles. The molecule has 6 aromatic rings. The summed E-state index contributed by atoms with van der Waals surface area (Å²) in [5, 5.41) is 15.2. The van der Waals surface area contributed by atoms with Crippen molar-refractivity contribution in [1.82, 2.24) is 19.4 Å². The van der Waals surface area contributed by atoms with E-state index < -0.39 is 5.97 Å². The number of hydrogen-bond donors (Lipinski definition) is 2. The first kappa shape index (κ1) is 52.5. The molecule has 2 saturated heterocycles. The smallest absolute Gasteiger partial charge is 0.337 e. The normalized spacial score (nSPS) is 17.9. The number of esters is 2. The summed E-state index contributed by atoms with van der Waals surface area (Å²) in [6.45, 7) is 7.23. The van der Waals surface area contributed by atoms with Crippen LogP contribution in [0, 0.1) is 0 Å². The Morgan fingerprint density at radius 2 is 1.01 bits per heavy atom. The standard InChI is InChI=1S/C30H35N3O3S.C26H28N2O4.C4H9NS/c1-36-30(35)22-11-12-23-26(19-22)33-14-13-32(20-27(34)31-15-17-37-18-16-31)25-10-6-5-9-24(25)29(33)28(23)21-7-3-2-4-8-21;1-32-26(31)18-11-12-19-22(15-18)28-14-13-27(16-23(29)30)21-10-6-5-9-20(21)25(28)24(19)17-7-3-2-4-8-17;1-3-6-4-2-5-1/h5-6,9-12,19,21H,2-4,7-8,13-18,20H2,1H3;5-6,9-12,15,17H,2-4,7-8,13-14,16H2,1H3,(H,29,30);5H,1-4H2. The van der Waals surface area contributed by atoms with Crippen molar-refractivity contribution in [3.05, 3.63) is 107 Å². The summed E-state index contributed by atoms with van der Waals surface area (Å²) in [6, 6.07) is 28.6. The van der Waals surface area contributed by atoms with Gasteiger partial charge in [-0.25, -0.2) is 9.59 Å². The Hall–Kier alpha value is -5.90. The Kier molecular flexibility index (Phi) is 17.1. The summed E-state index contributed by atoms with van der Waals surface area (Å²) in [5.41, 5.74) is 12.8. The highest BCUT2D eigenvalue weighted by Crippen LogP contribution is 2.49. The second-order valence-corrected chi connectivity index (χ2v) is 23.0. The van der Waals surface area contributed by atoms with E-state index in [1.807, 2.05) is 75.8 Å². The monoisotopic (exact) mass is 1050 g/mol. The zero-order chi connectivity index (χ0) is 51.8. The molecule has 0 radical (unpaired) electrons. The predicted octanol–water partition coefficient (Wildman–Crippen LogP) is 10.9. The van der Waals surface area contributed by atoms with Gasteiger partial charge in [0.2, 0.25) is 5.91 Å². The molecule has 12 rings (SSSR count). The Morgan fingerprint density at radius 1 is 0.560 bits per heavy atom. The molecule has 6 heterocycles. The Balaban J connectivity index is 0.000000155. The first-order chi connectivity index (χ1) is 36.7. The van der Waals surface area contributed by atoms with Gasteiger partial charge in [0.25, 0.3) is 0 Å². The van der Waals surface area contributed by atoms with E-state index >= 15 is 0 Å². The van der Waals surface area contributed by atoms with Gasteiger partial charge in [-0.15, -0.1) is 0 Å². The zero-order valence-electron chi connectivity index (χ0n) is 43.7. The van der Waals surface area contributed by atoms with E-state index in [1.165, 1.54) is 129 Å². The van der Waals surface area contributed by atoms with E-state index in [0.717, 1.165) is 78.5 Å². The van der Waals surface area contributed by atoms with Crippen LogP contribution in [0.4, 0.5) is 11.4 Å². The molecule has 0 spiro atoms. The number of ether oxygens (including phenoxy) is 2. The molecule has 15 heteroatoms. The molecular formula is C60H72N6O7S2. The number of carboxylic acids is 1. The maximum atomic E-state index is 13.3. The van der Waals surface area contributed by atoms with Crippen LogP contribution in [-0.4, -0.2) is 133 Å². The van der Waals surface area contributed by atoms with Gasteiger partial charge in [0.1, 0.15) is 6.54 Å². The largest absolute Gasteiger partial charge is 0.480 e. The van der Waals surface area contributed by atoms with Gasteiger partial charge in [-0.05, 0) is 85.0 Å². The number of fused-ring (bicyclic) bond motifs is 10. The molecule has 2 saturated carbocycles. The van der Waals surface area contributed by atoms with E-state index in [1.54, 1.807) is 0 Å². The van der Waals surface area contributed by atoms with Crippen molar-refractivity contribution in [3.63, 3.8) is 0 Å². The van der Waals surface area contributed by atoms with Crippen LogP contribution in [0.1, 0.15) is 108 Å². The number of benzene rings is 4. The van der Waals surface area contributed by atoms with Crippen LogP contribution < -0.4 is 15.1 Å². The minimum absolute atomic E-state index is 0.0358. The molecule has 396 valence electrons. The maximum absolute atomic E-state index is 13.3. The quantitative estimate of drug-likeness (QED) is 0.140. The number of aliphatic carboxylic acids is 1. The summed E-state index contributed by atoms with van der Waals surface area (Å²) in [6.07, 6.45) is 12.3. The van der Waals surface area contributed by atoms with Crippen LogP contribution in [0.3, 0.4) is 0 Å². The number of methoxy groups -OCH3 is 2. The molecule has 75 heavy (non-hydrogen) atoms. The van der Waals surface area contributed by atoms with Crippen LogP contribution >= 0.6 is 23.5 Å². The molecule has 2 aliphatic carbocycles. The third kappa shape index (κ3) is 11.3. The van der Waals surface area contributed by atoms with Crippen molar-refractivity contribution in [1.29, 1.82) is 0 Å². The van der Waals surface area contributed by atoms with Gasteiger partial charge in [-0.3, -0.25) is 9.59 Å². The number of hydrogen-bond acceptors (Lipinski definition) is 11. The fourth-order valence-electron chi connectivity index (χ4n) is 12.6. The van der Waals surface area contributed by atoms with Gasteiger partial charge in [0.05, 0.1) is 43.3 Å². The summed E-state index contributed by atoms with van der Waals surface area (Å²) >= 11 is 3.96. The van der Waals surface area contributed by atoms with Gasteiger partial charge in [-0.1, -0.05) is 87.1 Å². The van der Waals surface area contributed by atoms with Gasteiger partial charge < -0.3 is 43.7 Å². The number of para-hydroxylation sites is 2. The fourth-order valence-corrected chi connectivity index (χ4v) is 14.2. The maximum Gasteiger partial charge on any atom is 0.337 e. The second-order valence-electron chi connectivity index (χ2n) is 20.6. The number of aromatic nitrogens is 2. The van der Waals surface area contributed by atoms with Crippen molar-refractivity contribution >= 4 is 80.5 Å². The van der Waals surface area contributed by atoms with Gasteiger partial charge >= 0.3 is 17.9 Å². The van der Waals surface area contributed by atoms with Crippen molar-refractivity contribution < 1.29 is 33.8 Å². The van der Waals surface area contributed by atoms with Crippen molar-refractivity contribution in [2.24, 2.45) is 0 Å². The first-order valence-electron chi connectivity index (χ1n) is 27.3. The number of nitrogens with one attached hydrogen (secondary N) is 1. The molecule has 0 unspecified atom stereocenters. The molecular weight excluding hydrogens is 981 g/mol. The summed E-state index contributed by atoms with van der Waals surface area (Å²) in [4.78, 5) is 55.8. The van der Waals surface area contributed by atoms with Crippen LogP contribution in [0.5, 0.6) is 0 Å². The number of nitrogens with zero attached hydrogens (tertiary/aromatic N) is 5. The fraction of sp³-hybridized carbons (Fsp3) is 0.467. The van der Waals surface area contributed by atoms with Crippen molar-refractivity contribution in [2.75, 3.05) is 99.4 Å². The lowest BCUT2D eigenvalue weighted by molar-refractivity contribution is -0.135. The number of carbonyl (C=O) groups is 4. The lowest BCUT2D eigenvalue weighted by atomic mass is 9.81. The average molecular weight is 1050 g/mol. The lowest BCUT2D eigenvalue weighted by Crippen LogP contribution is -2.44. The van der Waals surface area contributed by atoms with Gasteiger partial charge in [0.15, 0.2) is 0 Å². The van der Waals surface area contributed by atoms with Gasteiger partial charge in [0, 0.05) is 120 Å². The first-order valence-corrected chi connectivity index (χ1v) is 29.6. The minimum Gasteiger partial charge on any atom is -0.480 e. The van der Waals surface area contributed by atoms with Crippen LogP contribution in [0.2, 0.25) is 0 Å². The van der Waals surface area contributed by atoms with Crippen molar-refractivity contribution in [2.45, 2.75) is 89.1 Å². The number of carbonyl (C=O) groups excluding carboxylic acids is 3. The third-order valence-corrected chi connectivity index (χ3v) is 18.1. The number of amides is 1. The molecule has 13 nitrogen and oxygen atoms in total. The average Bonchev–Trinajstić information content (AvgIpc) is 3.87. The second kappa shape index (κ2) is 24.4. The number of carboxylic acid groups (broad SMARTS) is 1. The summed E-state index contributed by atoms with van der Waals surface area (Å²) in [5.74, 6) is 4.35. The topological polar surface area (TPSA) is 139 Å². The molecule has 2 aromatic heterocycles. The number of rotatable bonds is 8. The van der Waals surface area contributed by atoms with E-state index in [4.69, 9.17) is 9.47 Å². The highest BCUT2D eigenvalue weighted by molar-refractivity contribution is 7.99. The van der Waals surface area contributed by atoms with Crippen LogP contribution in [0.15, 0.2) is 84.9 Å². The van der Waals surface area contributed by atoms with Crippen LogP contribution in [0.25, 0.3) is 44.3 Å². The third-order valence-electron chi connectivity index (χ3n) is 16.1. The Bertz CT molecular complexity index is 3010. The SMILES string of the molecule is C1CSCCN1.COC(=O)c1ccc2c(C3CCCCC3)c3n(c2c1)CCN(CC(=O)N1CCSCC1)c1ccccc1-3.COC(=O)c1ccc2c(C3CCCCC3)c3n(c2c1)CCN(CC(=O)O)c1ccccc1-3. The summed E-state index contributed by atoms with van der Waals surface area (Å²) < 4.78 is 14.7. The van der Waals surface area contributed by atoms with E-state index in [-0.39, 0.29) is 24.4 Å². The number of anilines is 2. The molecule has 6 aliphatic rings.